The molecule has 32 heavy (non-hydrogen) atoms. The van der Waals surface area contributed by atoms with E-state index in [1.165, 1.54) is 12.1 Å². The molecule has 4 rings (SSSR count). The summed E-state index contributed by atoms with van der Waals surface area (Å²) >= 11 is 0.901. The van der Waals surface area contributed by atoms with Gasteiger partial charge in [0.25, 0.3) is 5.91 Å². The number of ether oxygens (including phenoxy) is 1. The lowest BCUT2D eigenvalue weighted by atomic mass is 10.1. The largest absolute Gasteiger partial charge is 0.417 e. The quantitative estimate of drug-likeness (QED) is 0.587. The van der Waals surface area contributed by atoms with Gasteiger partial charge in [0.1, 0.15) is 5.03 Å². The molecular weight excluding hydrogens is 439 g/mol. The van der Waals surface area contributed by atoms with Crippen molar-refractivity contribution >= 4 is 28.6 Å². The van der Waals surface area contributed by atoms with Gasteiger partial charge >= 0.3 is 6.18 Å². The topological polar surface area (TPSA) is 54.5 Å². The van der Waals surface area contributed by atoms with E-state index in [0.717, 1.165) is 30.9 Å². The smallest absolute Gasteiger partial charge is 0.379 e. The number of pyridine rings is 1. The van der Waals surface area contributed by atoms with Gasteiger partial charge in [-0.25, -0.2) is 4.98 Å². The van der Waals surface area contributed by atoms with E-state index in [1.54, 1.807) is 36.4 Å². The number of hydrogen-bond donors (Lipinski definition) is 1. The van der Waals surface area contributed by atoms with Gasteiger partial charge in [-0.2, -0.15) is 13.2 Å². The molecule has 2 aromatic carbocycles. The number of rotatable bonds is 6. The fourth-order valence-electron chi connectivity index (χ4n) is 3.54. The molecular formula is C23H22F3N3O2S. The van der Waals surface area contributed by atoms with E-state index in [4.69, 9.17) is 4.74 Å². The molecule has 1 fully saturated rings. The van der Waals surface area contributed by atoms with Crippen LogP contribution in [0.25, 0.3) is 10.9 Å². The monoisotopic (exact) mass is 461 g/mol. The number of halogens is 3. The van der Waals surface area contributed by atoms with Crippen molar-refractivity contribution in [1.29, 1.82) is 0 Å². The van der Waals surface area contributed by atoms with Crippen molar-refractivity contribution in [3.8, 4) is 0 Å². The Morgan fingerprint density at radius 3 is 2.59 bits per heavy atom. The molecule has 0 bridgehead atoms. The zero-order chi connectivity index (χ0) is 22.6. The summed E-state index contributed by atoms with van der Waals surface area (Å²) in [6, 6.07) is 14.1. The van der Waals surface area contributed by atoms with Crippen LogP contribution in [0, 0.1) is 0 Å². The van der Waals surface area contributed by atoms with Gasteiger partial charge in [-0.1, -0.05) is 42.1 Å². The summed E-state index contributed by atoms with van der Waals surface area (Å²) in [6.07, 6.45) is -4.47. The minimum absolute atomic E-state index is 0.0430. The second-order valence-corrected chi connectivity index (χ2v) is 8.39. The van der Waals surface area contributed by atoms with Crippen molar-refractivity contribution in [2.75, 3.05) is 39.4 Å². The maximum absolute atomic E-state index is 13.4. The summed E-state index contributed by atoms with van der Waals surface area (Å²) < 4.78 is 45.5. The molecule has 1 aliphatic rings. The number of morpholine rings is 1. The first-order chi connectivity index (χ1) is 15.4. The number of carbonyl (C=O) groups excluding carboxylic acids is 1. The Hall–Kier alpha value is -2.62. The molecule has 0 aliphatic carbocycles. The molecule has 0 radical (unpaired) electrons. The van der Waals surface area contributed by atoms with Gasteiger partial charge in [-0.05, 0) is 24.3 Å². The summed E-state index contributed by atoms with van der Waals surface area (Å²) in [5.41, 5.74) is 0.223. The number of hydrogen-bond acceptors (Lipinski definition) is 5. The van der Waals surface area contributed by atoms with Crippen molar-refractivity contribution in [2.45, 2.75) is 16.1 Å². The molecule has 9 heteroatoms. The number of nitrogens with one attached hydrogen (secondary N) is 1. The molecule has 3 aromatic rings. The molecule has 1 amide bonds. The Labute approximate surface area is 188 Å². The second kappa shape index (κ2) is 9.89. The lowest BCUT2D eigenvalue weighted by Gasteiger charge is -2.26. The highest BCUT2D eigenvalue weighted by Gasteiger charge is 2.33. The molecule has 1 aromatic heterocycles. The van der Waals surface area contributed by atoms with Crippen LogP contribution >= 0.6 is 11.8 Å². The number of para-hydroxylation sites is 1. The van der Waals surface area contributed by atoms with Gasteiger partial charge in [-0.3, -0.25) is 9.69 Å². The van der Waals surface area contributed by atoms with Crippen LogP contribution in [0.15, 0.2) is 64.5 Å². The van der Waals surface area contributed by atoms with E-state index in [-0.39, 0.29) is 10.8 Å². The Morgan fingerprint density at radius 1 is 1.09 bits per heavy atom. The molecule has 168 valence electrons. The summed E-state index contributed by atoms with van der Waals surface area (Å²) in [5, 5.41) is 3.92. The summed E-state index contributed by atoms with van der Waals surface area (Å²) in [6.45, 7) is 4.19. The molecule has 5 nitrogen and oxygen atoms in total. The normalized spacial score (nSPS) is 15.1. The summed E-state index contributed by atoms with van der Waals surface area (Å²) in [5.74, 6) is -0.275. The summed E-state index contributed by atoms with van der Waals surface area (Å²) in [7, 11) is 0. The standard InChI is InChI=1S/C23H22F3N3O2S/c24-23(25,26)18-6-2-4-8-20(18)32-21-15-17(16-5-1-3-7-19(16)28-21)22(30)27-9-10-29-11-13-31-14-12-29/h1-8,15H,9-14H2,(H,27,30). The number of carbonyl (C=O) groups is 1. The zero-order valence-corrected chi connectivity index (χ0v) is 18.0. The van der Waals surface area contributed by atoms with E-state index in [1.807, 2.05) is 0 Å². The molecule has 2 heterocycles. The van der Waals surface area contributed by atoms with Crippen LogP contribution in [0.3, 0.4) is 0 Å². The van der Waals surface area contributed by atoms with Gasteiger partial charge in [0.15, 0.2) is 0 Å². The van der Waals surface area contributed by atoms with Gasteiger partial charge in [0.05, 0.1) is 29.9 Å². The van der Waals surface area contributed by atoms with Crippen LogP contribution in [0.5, 0.6) is 0 Å². The van der Waals surface area contributed by atoms with Gasteiger partial charge in [0, 0.05) is 36.5 Å². The molecule has 0 spiro atoms. The average molecular weight is 462 g/mol. The Bertz CT molecular complexity index is 1100. The Kier molecular flexibility index (Phi) is 6.98. The molecule has 0 atom stereocenters. The number of nitrogens with zero attached hydrogens (tertiary/aromatic N) is 2. The lowest BCUT2D eigenvalue weighted by molar-refractivity contribution is -0.139. The minimum Gasteiger partial charge on any atom is -0.379 e. The van der Waals surface area contributed by atoms with Crippen molar-refractivity contribution in [3.05, 3.63) is 65.7 Å². The van der Waals surface area contributed by atoms with Crippen molar-refractivity contribution in [1.82, 2.24) is 15.2 Å². The third-order valence-electron chi connectivity index (χ3n) is 5.16. The maximum Gasteiger partial charge on any atom is 0.417 e. The predicted molar refractivity (Wildman–Crippen MR) is 117 cm³/mol. The second-order valence-electron chi connectivity index (χ2n) is 7.33. The van der Waals surface area contributed by atoms with Crippen LogP contribution < -0.4 is 5.32 Å². The van der Waals surface area contributed by atoms with Crippen LogP contribution in [-0.4, -0.2) is 55.2 Å². The van der Waals surface area contributed by atoms with E-state index in [2.05, 4.69) is 15.2 Å². The fraction of sp³-hybridized carbons (Fsp3) is 0.304. The van der Waals surface area contributed by atoms with Crippen LogP contribution in [0.4, 0.5) is 13.2 Å². The predicted octanol–water partition coefficient (Wildman–Crippen LogP) is 4.47. The van der Waals surface area contributed by atoms with E-state index < -0.39 is 11.7 Å². The highest BCUT2D eigenvalue weighted by molar-refractivity contribution is 7.99. The molecule has 0 saturated carbocycles. The highest BCUT2D eigenvalue weighted by Crippen LogP contribution is 2.39. The number of fused-ring (bicyclic) bond motifs is 1. The van der Waals surface area contributed by atoms with Gasteiger partial charge < -0.3 is 10.1 Å². The highest BCUT2D eigenvalue weighted by atomic mass is 32.2. The number of aromatic nitrogens is 1. The first-order valence-corrected chi connectivity index (χ1v) is 11.1. The Morgan fingerprint density at radius 2 is 1.81 bits per heavy atom. The molecule has 1 saturated heterocycles. The van der Waals surface area contributed by atoms with Gasteiger partial charge in [-0.15, -0.1) is 0 Å². The van der Waals surface area contributed by atoms with E-state index in [9.17, 15) is 18.0 Å². The third-order valence-corrected chi connectivity index (χ3v) is 6.16. The average Bonchev–Trinajstić information content (AvgIpc) is 2.79. The van der Waals surface area contributed by atoms with E-state index >= 15 is 0 Å². The van der Waals surface area contributed by atoms with Crippen LogP contribution in [-0.2, 0) is 10.9 Å². The minimum atomic E-state index is -4.47. The Balaban J connectivity index is 1.57. The van der Waals surface area contributed by atoms with Crippen molar-refractivity contribution in [3.63, 3.8) is 0 Å². The first-order valence-electron chi connectivity index (χ1n) is 10.2. The van der Waals surface area contributed by atoms with Crippen LogP contribution in [0.1, 0.15) is 15.9 Å². The van der Waals surface area contributed by atoms with E-state index in [0.29, 0.717) is 47.8 Å². The molecule has 0 unspecified atom stereocenters. The zero-order valence-electron chi connectivity index (χ0n) is 17.2. The molecule has 1 aliphatic heterocycles. The van der Waals surface area contributed by atoms with Crippen molar-refractivity contribution < 1.29 is 22.7 Å². The summed E-state index contributed by atoms with van der Waals surface area (Å²) in [4.78, 5) is 19.7. The number of alkyl halides is 3. The van der Waals surface area contributed by atoms with Crippen molar-refractivity contribution in [2.24, 2.45) is 0 Å². The SMILES string of the molecule is O=C(NCCN1CCOCC1)c1cc(Sc2ccccc2C(F)(F)F)nc2ccccc12. The first kappa shape index (κ1) is 22.6. The van der Waals surface area contributed by atoms with Crippen LogP contribution in [0.2, 0.25) is 0 Å². The number of amides is 1. The molecule has 1 N–H and O–H groups in total. The lowest BCUT2D eigenvalue weighted by Crippen LogP contribution is -2.41. The number of benzene rings is 2. The third kappa shape index (κ3) is 5.40. The maximum atomic E-state index is 13.4. The fourth-order valence-corrected chi connectivity index (χ4v) is 4.53. The van der Waals surface area contributed by atoms with Gasteiger partial charge in [0.2, 0.25) is 0 Å².